The van der Waals surface area contributed by atoms with E-state index in [-0.39, 0.29) is 0 Å². The lowest BCUT2D eigenvalue weighted by Crippen LogP contribution is -2.40. The van der Waals surface area contributed by atoms with Crippen molar-refractivity contribution < 1.29 is 4.79 Å². The van der Waals surface area contributed by atoms with Gasteiger partial charge in [0.15, 0.2) is 0 Å². The predicted octanol–water partition coefficient (Wildman–Crippen LogP) is 4.02. The third-order valence-corrected chi connectivity index (χ3v) is 5.15. The van der Waals surface area contributed by atoms with Crippen LogP contribution >= 0.6 is 11.8 Å². The Hall–Kier alpha value is -0.960. The van der Waals surface area contributed by atoms with Crippen LogP contribution in [-0.4, -0.2) is 28.6 Å². The summed E-state index contributed by atoms with van der Waals surface area (Å²) in [5, 5.41) is 0. The van der Waals surface area contributed by atoms with Crippen molar-refractivity contribution in [3.05, 3.63) is 35.4 Å². The molecule has 1 aromatic carbocycles. The largest absolute Gasteiger partial charge is 0.336 e. The molecule has 0 radical (unpaired) electrons. The van der Waals surface area contributed by atoms with Gasteiger partial charge in [0.25, 0.3) is 0 Å². The Morgan fingerprint density at radius 1 is 1.30 bits per heavy atom. The Labute approximate surface area is 126 Å². The van der Waals surface area contributed by atoms with Crippen LogP contribution in [0.2, 0.25) is 0 Å². The van der Waals surface area contributed by atoms with Gasteiger partial charge in [0, 0.05) is 17.8 Å². The van der Waals surface area contributed by atoms with Gasteiger partial charge in [-0.1, -0.05) is 36.8 Å². The Morgan fingerprint density at radius 3 is 2.65 bits per heavy atom. The summed E-state index contributed by atoms with van der Waals surface area (Å²) in [5.74, 6) is 1.85. The van der Waals surface area contributed by atoms with E-state index in [9.17, 15) is 4.79 Å². The summed E-state index contributed by atoms with van der Waals surface area (Å²) in [4.78, 5) is 14.5. The van der Waals surface area contributed by atoms with Crippen LogP contribution in [0.1, 0.15) is 44.2 Å². The van der Waals surface area contributed by atoms with Gasteiger partial charge >= 0.3 is 0 Å². The van der Waals surface area contributed by atoms with Gasteiger partial charge in [0.1, 0.15) is 0 Å². The number of likely N-dealkylation sites (tertiary alicyclic amines) is 1. The fourth-order valence-electron chi connectivity index (χ4n) is 2.94. The molecule has 1 fully saturated rings. The molecule has 1 amide bonds. The van der Waals surface area contributed by atoms with E-state index in [1.165, 1.54) is 17.5 Å². The van der Waals surface area contributed by atoms with Crippen LogP contribution in [0.5, 0.6) is 0 Å². The zero-order chi connectivity index (χ0) is 14.5. The Bertz CT molecular complexity index is 443. The lowest BCUT2D eigenvalue weighted by atomic mass is 10.1. The molecule has 2 nitrogen and oxygen atoms in total. The first-order valence-electron chi connectivity index (χ1n) is 7.56. The first-order valence-corrected chi connectivity index (χ1v) is 8.71. The van der Waals surface area contributed by atoms with E-state index in [1.807, 2.05) is 0 Å². The minimum atomic E-state index is 0.318. The van der Waals surface area contributed by atoms with E-state index in [1.54, 1.807) is 11.8 Å². The summed E-state index contributed by atoms with van der Waals surface area (Å²) in [7, 11) is 0. The second-order valence-corrected chi connectivity index (χ2v) is 6.75. The van der Waals surface area contributed by atoms with Crippen molar-refractivity contribution >= 4 is 17.7 Å². The zero-order valence-corrected chi connectivity index (χ0v) is 13.6. The third kappa shape index (κ3) is 3.78. The standard InChI is InChI=1S/C17H25NOS/c1-4-16-10-7-14(3)18(16)17(19)12-20-11-15-8-5-13(2)6-9-15/h5-6,8-9,14,16H,4,7,10-12H2,1-3H3/t14-,16+/m1/s1. The molecule has 2 atom stereocenters. The number of nitrogens with zero attached hydrogens (tertiary/aromatic N) is 1. The molecule has 0 aromatic heterocycles. The summed E-state index contributed by atoms with van der Waals surface area (Å²) < 4.78 is 0. The van der Waals surface area contributed by atoms with Gasteiger partial charge in [0.05, 0.1) is 5.75 Å². The highest BCUT2D eigenvalue weighted by Gasteiger charge is 2.32. The molecule has 0 saturated carbocycles. The van der Waals surface area contributed by atoms with Gasteiger partial charge in [-0.15, -0.1) is 11.8 Å². The minimum absolute atomic E-state index is 0.318. The molecule has 3 heteroatoms. The Balaban J connectivity index is 1.81. The van der Waals surface area contributed by atoms with Crippen LogP contribution in [0.3, 0.4) is 0 Å². The van der Waals surface area contributed by atoms with Crippen molar-refractivity contribution in [3.8, 4) is 0 Å². The molecule has 2 rings (SSSR count). The smallest absolute Gasteiger partial charge is 0.233 e. The first-order chi connectivity index (χ1) is 9.61. The van der Waals surface area contributed by atoms with E-state index in [2.05, 4.69) is 49.9 Å². The van der Waals surface area contributed by atoms with Crippen molar-refractivity contribution in [1.29, 1.82) is 0 Å². The maximum atomic E-state index is 12.4. The highest BCUT2D eigenvalue weighted by atomic mass is 32.2. The molecule has 110 valence electrons. The van der Waals surface area contributed by atoms with Crippen LogP contribution in [0, 0.1) is 6.92 Å². The van der Waals surface area contributed by atoms with Crippen LogP contribution < -0.4 is 0 Å². The van der Waals surface area contributed by atoms with Crippen molar-refractivity contribution in [3.63, 3.8) is 0 Å². The summed E-state index contributed by atoms with van der Waals surface area (Å²) in [6.07, 6.45) is 3.41. The molecular formula is C17H25NOS. The molecule has 1 aliphatic heterocycles. The lowest BCUT2D eigenvalue weighted by molar-refractivity contribution is -0.130. The average molecular weight is 291 g/mol. The van der Waals surface area contributed by atoms with Crippen LogP contribution in [-0.2, 0) is 10.5 Å². The quantitative estimate of drug-likeness (QED) is 0.816. The maximum absolute atomic E-state index is 12.4. The zero-order valence-electron chi connectivity index (χ0n) is 12.8. The second-order valence-electron chi connectivity index (χ2n) is 5.77. The number of thioether (sulfide) groups is 1. The van der Waals surface area contributed by atoms with Gasteiger partial charge < -0.3 is 4.90 Å². The molecule has 1 aromatic rings. The number of benzene rings is 1. The Morgan fingerprint density at radius 2 is 2.00 bits per heavy atom. The molecule has 1 heterocycles. The number of amides is 1. The van der Waals surface area contributed by atoms with Crippen LogP contribution in [0.4, 0.5) is 0 Å². The maximum Gasteiger partial charge on any atom is 0.233 e. The molecule has 0 aliphatic carbocycles. The van der Waals surface area contributed by atoms with Crippen molar-refractivity contribution in [2.75, 3.05) is 5.75 Å². The molecular weight excluding hydrogens is 266 g/mol. The summed E-state index contributed by atoms with van der Waals surface area (Å²) in [5.41, 5.74) is 2.58. The van der Waals surface area contributed by atoms with E-state index < -0.39 is 0 Å². The average Bonchev–Trinajstić information content (AvgIpc) is 2.82. The molecule has 1 saturated heterocycles. The lowest BCUT2D eigenvalue weighted by Gasteiger charge is -2.28. The van der Waals surface area contributed by atoms with Crippen molar-refractivity contribution in [2.24, 2.45) is 0 Å². The molecule has 1 aliphatic rings. The van der Waals surface area contributed by atoms with E-state index in [0.717, 1.165) is 18.6 Å². The fraction of sp³-hybridized carbons (Fsp3) is 0.588. The summed E-state index contributed by atoms with van der Waals surface area (Å²) >= 11 is 1.73. The summed E-state index contributed by atoms with van der Waals surface area (Å²) in [6.45, 7) is 6.46. The Kier molecular flexibility index (Phi) is 5.53. The van der Waals surface area contributed by atoms with Gasteiger partial charge in [-0.25, -0.2) is 0 Å². The predicted molar refractivity (Wildman–Crippen MR) is 87.0 cm³/mol. The van der Waals surface area contributed by atoms with Gasteiger partial charge in [0.2, 0.25) is 5.91 Å². The van der Waals surface area contributed by atoms with E-state index in [0.29, 0.717) is 23.7 Å². The molecule has 20 heavy (non-hydrogen) atoms. The van der Waals surface area contributed by atoms with E-state index in [4.69, 9.17) is 0 Å². The van der Waals surface area contributed by atoms with Gasteiger partial charge in [-0.2, -0.15) is 0 Å². The third-order valence-electron chi connectivity index (χ3n) is 4.16. The highest BCUT2D eigenvalue weighted by Crippen LogP contribution is 2.27. The highest BCUT2D eigenvalue weighted by molar-refractivity contribution is 7.99. The molecule has 0 unspecified atom stereocenters. The number of hydrogen-bond acceptors (Lipinski definition) is 2. The number of hydrogen-bond donors (Lipinski definition) is 0. The SMILES string of the molecule is CC[C@H]1CC[C@@H](C)N1C(=O)CSCc1ccc(C)cc1. The second kappa shape index (κ2) is 7.16. The monoisotopic (exact) mass is 291 g/mol. The van der Waals surface area contributed by atoms with Gasteiger partial charge in [-0.05, 0) is 38.7 Å². The van der Waals surface area contributed by atoms with Crippen molar-refractivity contribution in [2.45, 2.75) is 57.9 Å². The molecule has 0 bridgehead atoms. The number of carbonyl (C=O) groups is 1. The minimum Gasteiger partial charge on any atom is -0.336 e. The molecule has 0 N–H and O–H groups in total. The number of rotatable bonds is 5. The normalized spacial score (nSPS) is 22.2. The van der Waals surface area contributed by atoms with Crippen LogP contribution in [0.25, 0.3) is 0 Å². The van der Waals surface area contributed by atoms with Crippen LogP contribution in [0.15, 0.2) is 24.3 Å². The van der Waals surface area contributed by atoms with Gasteiger partial charge in [-0.3, -0.25) is 4.79 Å². The number of aryl methyl sites for hydroxylation is 1. The molecule has 0 spiro atoms. The van der Waals surface area contributed by atoms with Crippen molar-refractivity contribution in [1.82, 2.24) is 4.90 Å². The van der Waals surface area contributed by atoms with E-state index >= 15 is 0 Å². The fourth-order valence-corrected chi connectivity index (χ4v) is 3.79. The summed E-state index contributed by atoms with van der Waals surface area (Å²) in [6, 6.07) is 9.46. The topological polar surface area (TPSA) is 20.3 Å². The number of carbonyl (C=O) groups excluding carboxylic acids is 1. The first kappa shape index (κ1) is 15.4.